The van der Waals surface area contributed by atoms with E-state index in [2.05, 4.69) is 10.0 Å². The molecule has 1 amide bonds. The van der Waals surface area contributed by atoms with Crippen molar-refractivity contribution in [3.05, 3.63) is 59.1 Å². The van der Waals surface area contributed by atoms with E-state index in [0.29, 0.717) is 22.2 Å². The molecule has 8 heteroatoms. The van der Waals surface area contributed by atoms with Gasteiger partial charge in [0, 0.05) is 22.5 Å². The standard InChI is InChI=1S/C18H21ClN2O3S2/c1-13(2)21-26(23,24)17-9-7-16(8-10-17)20-18(22)12-25-11-14-3-5-15(19)6-4-14/h3-10,13,21H,11-12H2,1-2H3,(H,20,22). The lowest BCUT2D eigenvalue weighted by Crippen LogP contribution is -2.30. The molecular formula is C18H21ClN2O3S2. The minimum absolute atomic E-state index is 0.139. The van der Waals surface area contributed by atoms with Crippen molar-refractivity contribution in [3.8, 4) is 0 Å². The highest BCUT2D eigenvalue weighted by Crippen LogP contribution is 2.17. The van der Waals surface area contributed by atoms with Crippen LogP contribution in [0.5, 0.6) is 0 Å². The summed E-state index contributed by atoms with van der Waals surface area (Å²) < 4.78 is 26.6. The third-order valence-electron chi connectivity index (χ3n) is 3.25. The van der Waals surface area contributed by atoms with Gasteiger partial charge in [-0.15, -0.1) is 11.8 Å². The average molecular weight is 413 g/mol. The molecule has 0 radical (unpaired) electrons. The first kappa shape index (κ1) is 20.8. The summed E-state index contributed by atoms with van der Waals surface area (Å²) >= 11 is 7.33. The molecule has 0 spiro atoms. The minimum Gasteiger partial charge on any atom is -0.325 e. The predicted octanol–water partition coefficient (Wildman–Crippen LogP) is 3.90. The second kappa shape index (κ2) is 9.41. The maximum absolute atomic E-state index is 12.1. The van der Waals surface area contributed by atoms with Crippen LogP contribution in [0.1, 0.15) is 19.4 Å². The van der Waals surface area contributed by atoms with Gasteiger partial charge in [0.2, 0.25) is 15.9 Å². The van der Waals surface area contributed by atoms with E-state index in [0.717, 1.165) is 5.56 Å². The van der Waals surface area contributed by atoms with Gasteiger partial charge in [-0.2, -0.15) is 0 Å². The molecule has 2 aromatic carbocycles. The van der Waals surface area contributed by atoms with Crippen LogP contribution in [0.2, 0.25) is 5.02 Å². The van der Waals surface area contributed by atoms with Crippen molar-refractivity contribution in [2.24, 2.45) is 0 Å². The number of hydrogen-bond acceptors (Lipinski definition) is 4. The van der Waals surface area contributed by atoms with E-state index in [1.165, 1.54) is 23.9 Å². The lowest BCUT2D eigenvalue weighted by molar-refractivity contribution is -0.113. The number of hydrogen-bond donors (Lipinski definition) is 2. The number of amides is 1. The van der Waals surface area contributed by atoms with Crippen LogP contribution in [0.25, 0.3) is 0 Å². The number of sulfonamides is 1. The fraction of sp³-hybridized carbons (Fsp3) is 0.278. The largest absolute Gasteiger partial charge is 0.325 e. The lowest BCUT2D eigenvalue weighted by atomic mass is 10.2. The zero-order valence-electron chi connectivity index (χ0n) is 14.5. The van der Waals surface area contributed by atoms with Crippen molar-refractivity contribution in [1.82, 2.24) is 4.72 Å². The smallest absolute Gasteiger partial charge is 0.240 e. The normalized spacial score (nSPS) is 11.5. The molecule has 0 fully saturated rings. The molecule has 0 aromatic heterocycles. The van der Waals surface area contributed by atoms with Gasteiger partial charge in [-0.1, -0.05) is 23.7 Å². The summed E-state index contributed by atoms with van der Waals surface area (Å²) in [6.45, 7) is 3.52. The zero-order chi connectivity index (χ0) is 19.2. The van der Waals surface area contributed by atoms with Crippen molar-refractivity contribution in [2.75, 3.05) is 11.1 Å². The molecule has 0 bridgehead atoms. The Kier molecular flexibility index (Phi) is 7.52. The van der Waals surface area contributed by atoms with Gasteiger partial charge in [0.05, 0.1) is 10.6 Å². The highest BCUT2D eigenvalue weighted by molar-refractivity contribution is 7.99. The Morgan fingerprint density at radius 2 is 1.69 bits per heavy atom. The van der Waals surface area contributed by atoms with Crippen molar-refractivity contribution in [1.29, 1.82) is 0 Å². The molecule has 0 aliphatic carbocycles. The van der Waals surface area contributed by atoms with Gasteiger partial charge in [-0.25, -0.2) is 13.1 Å². The Hall–Kier alpha value is -1.54. The van der Waals surface area contributed by atoms with Crippen LogP contribution in [0.3, 0.4) is 0 Å². The molecule has 26 heavy (non-hydrogen) atoms. The summed E-state index contributed by atoms with van der Waals surface area (Å²) in [4.78, 5) is 12.2. The van der Waals surface area contributed by atoms with E-state index >= 15 is 0 Å². The summed E-state index contributed by atoms with van der Waals surface area (Å²) in [5.41, 5.74) is 1.66. The number of thioether (sulfide) groups is 1. The summed E-state index contributed by atoms with van der Waals surface area (Å²) in [5, 5.41) is 3.45. The van der Waals surface area contributed by atoms with Crippen molar-refractivity contribution in [3.63, 3.8) is 0 Å². The first-order chi connectivity index (χ1) is 12.3. The summed E-state index contributed by atoms with van der Waals surface area (Å²) in [6, 6.07) is 13.4. The quantitative estimate of drug-likeness (QED) is 0.689. The molecule has 0 aliphatic rings. The van der Waals surface area contributed by atoms with Crippen LogP contribution in [0.15, 0.2) is 53.4 Å². The molecule has 0 saturated heterocycles. The molecule has 0 saturated carbocycles. The summed E-state index contributed by atoms with van der Waals surface area (Å²) in [5.74, 6) is 0.875. The number of carbonyl (C=O) groups is 1. The maximum Gasteiger partial charge on any atom is 0.240 e. The molecule has 0 heterocycles. The molecule has 140 valence electrons. The highest BCUT2D eigenvalue weighted by Gasteiger charge is 2.15. The molecule has 5 nitrogen and oxygen atoms in total. The molecule has 0 unspecified atom stereocenters. The topological polar surface area (TPSA) is 75.3 Å². The molecule has 2 aromatic rings. The van der Waals surface area contributed by atoms with Crippen molar-refractivity contribution >= 4 is 45.0 Å². The monoisotopic (exact) mass is 412 g/mol. The molecule has 2 N–H and O–H groups in total. The Morgan fingerprint density at radius 3 is 2.27 bits per heavy atom. The first-order valence-electron chi connectivity index (χ1n) is 8.01. The van der Waals surface area contributed by atoms with Gasteiger partial charge in [-0.3, -0.25) is 4.79 Å². The van der Waals surface area contributed by atoms with Crippen LogP contribution in [-0.4, -0.2) is 26.1 Å². The fourth-order valence-corrected chi connectivity index (χ4v) is 4.30. The molecule has 0 aliphatic heterocycles. The second-order valence-corrected chi connectivity index (χ2v) is 9.10. The first-order valence-corrected chi connectivity index (χ1v) is 11.0. The second-order valence-electron chi connectivity index (χ2n) is 5.97. The Labute approximate surface area is 163 Å². The fourth-order valence-electron chi connectivity index (χ4n) is 2.14. The Morgan fingerprint density at radius 1 is 1.08 bits per heavy atom. The zero-order valence-corrected chi connectivity index (χ0v) is 16.9. The van der Waals surface area contributed by atoms with Crippen LogP contribution in [0, 0.1) is 0 Å². The number of rotatable bonds is 8. The SMILES string of the molecule is CC(C)NS(=O)(=O)c1ccc(NC(=O)CSCc2ccc(Cl)cc2)cc1. The van der Waals surface area contributed by atoms with Gasteiger partial charge < -0.3 is 5.32 Å². The Bertz CT molecular complexity index is 836. The van der Waals surface area contributed by atoms with Gasteiger partial charge in [0.25, 0.3) is 0 Å². The third kappa shape index (κ3) is 6.64. The van der Waals surface area contributed by atoms with E-state index in [1.807, 2.05) is 24.3 Å². The number of nitrogens with one attached hydrogen (secondary N) is 2. The van der Waals surface area contributed by atoms with Gasteiger partial charge >= 0.3 is 0 Å². The van der Waals surface area contributed by atoms with Crippen molar-refractivity contribution < 1.29 is 13.2 Å². The van der Waals surface area contributed by atoms with Crippen molar-refractivity contribution in [2.45, 2.75) is 30.5 Å². The molecular weight excluding hydrogens is 392 g/mol. The third-order valence-corrected chi connectivity index (χ3v) is 6.18. The summed E-state index contributed by atoms with van der Waals surface area (Å²) in [7, 11) is -3.53. The van der Waals surface area contributed by atoms with E-state index in [1.54, 1.807) is 26.0 Å². The lowest BCUT2D eigenvalue weighted by Gasteiger charge is -2.10. The van der Waals surface area contributed by atoms with Gasteiger partial charge in [0.15, 0.2) is 0 Å². The number of carbonyl (C=O) groups excluding carboxylic acids is 1. The Balaban J connectivity index is 1.84. The van der Waals surface area contributed by atoms with Crippen LogP contribution in [-0.2, 0) is 20.6 Å². The maximum atomic E-state index is 12.1. The van der Waals surface area contributed by atoms with Gasteiger partial charge in [-0.05, 0) is 55.8 Å². The van der Waals surface area contributed by atoms with Crippen LogP contribution < -0.4 is 10.0 Å². The van der Waals surface area contributed by atoms with Crippen LogP contribution >= 0.6 is 23.4 Å². The minimum atomic E-state index is -3.53. The summed E-state index contributed by atoms with van der Waals surface area (Å²) in [6.07, 6.45) is 0. The van der Waals surface area contributed by atoms with E-state index < -0.39 is 10.0 Å². The average Bonchev–Trinajstić information content (AvgIpc) is 2.56. The van der Waals surface area contributed by atoms with E-state index in [9.17, 15) is 13.2 Å². The van der Waals surface area contributed by atoms with E-state index in [4.69, 9.17) is 11.6 Å². The number of halogens is 1. The molecule has 0 atom stereocenters. The van der Waals surface area contributed by atoms with Gasteiger partial charge in [0.1, 0.15) is 0 Å². The number of anilines is 1. The predicted molar refractivity (Wildman–Crippen MR) is 108 cm³/mol. The van der Waals surface area contributed by atoms with Crippen LogP contribution in [0.4, 0.5) is 5.69 Å². The highest BCUT2D eigenvalue weighted by atomic mass is 35.5. The van der Waals surface area contributed by atoms with E-state index in [-0.39, 0.29) is 16.8 Å². The molecule has 2 rings (SSSR count). The number of benzene rings is 2.